The Morgan fingerprint density at radius 2 is 2.22 bits per heavy atom. The van der Waals surface area contributed by atoms with E-state index in [1.807, 2.05) is 13.8 Å². The van der Waals surface area contributed by atoms with Crippen LogP contribution in [0.15, 0.2) is 18.5 Å². The van der Waals surface area contributed by atoms with E-state index in [1.54, 1.807) is 30.2 Å². The highest BCUT2D eigenvalue weighted by molar-refractivity contribution is 5.90. The summed E-state index contributed by atoms with van der Waals surface area (Å²) in [6.45, 7) is 3.74. The zero-order chi connectivity index (χ0) is 13.3. The molecular formula is C12H16N4O2. The van der Waals surface area contributed by atoms with E-state index in [0.29, 0.717) is 0 Å². The van der Waals surface area contributed by atoms with Crippen molar-refractivity contribution < 1.29 is 9.90 Å². The first kappa shape index (κ1) is 12.3. The van der Waals surface area contributed by atoms with Crippen LogP contribution in [0.25, 0.3) is 11.0 Å². The number of aryl methyl sites for hydroxylation is 1. The van der Waals surface area contributed by atoms with E-state index in [9.17, 15) is 9.90 Å². The van der Waals surface area contributed by atoms with Gasteiger partial charge in [-0.15, -0.1) is 0 Å². The number of anilines is 1. The molecule has 0 aliphatic carbocycles. The molecule has 2 rings (SSSR count). The van der Waals surface area contributed by atoms with Crippen LogP contribution in [-0.2, 0) is 11.8 Å². The second kappa shape index (κ2) is 4.64. The zero-order valence-electron chi connectivity index (χ0n) is 10.6. The number of nitrogens with zero attached hydrogens (tertiary/aromatic N) is 3. The summed E-state index contributed by atoms with van der Waals surface area (Å²) < 4.78 is 1.66. The summed E-state index contributed by atoms with van der Waals surface area (Å²) in [7, 11) is 1.80. The summed E-state index contributed by atoms with van der Waals surface area (Å²) in [5.74, 6) is -0.874. The summed E-state index contributed by atoms with van der Waals surface area (Å²) >= 11 is 0. The number of carbonyl (C=O) groups is 1. The van der Waals surface area contributed by atoms with Crippen LogP contribution in [0.4, 0.5) is 5.69 Å². The molecule has 0 saturated heterocycles. The Labute approximate surface area is 105 Å². The number of fused-ring (bicyclic) bond motifs is 1. The first-order chi connectivity index (χ1) is 8.50. The van der Waals surface area contributed by atoms with Crippen molar-refractivity contribution in [1.29, 1.82) is 0 Å². The molecule has 2 aromatic rings. The van der Waals surface area contributed by atoms with Gasteiger partial charge in [-0.3, -0.25) is 4.68 Å². The predicted molar refractivity (Wildman–Crippen MR) is 68.4 cm³/mol. The largest absolute Gasteiger partial charge is 0.480 e. The second-order valence-electron chi connectivity index (χ2n) is 4.57. The molecule has 6 heteroatoms. The van der Waals surface area contributed by atoms with Gasteiger partial charge in [0.1, 0.15) is 6.04 Å². The van der Waals surface area contributed by atoms with E-state index in [2.05, 4.69) is 15.4 Å². The van der Waals surface area contributed by atoms with Crippen LogP contribution >= 0.6 is 0 Å². The Bertz CT molecular complexity index is 576. The molecule has 0 saturated carbocycles. The van der Waals surface area contributed by atoms with Gasteiger partial charge in [-0.25, -0.2) is 9.78 Å². The number of pyridine rings is 1. The van der Waals surface area contributed by atoms with Crippen molar-refractivity contribution in [1.82, 2.24) is 14.8 Å². The third-order valence-electron chi connectivity index (χ3n) is 2.88. The Morgan fingerprint density at radius 1 is 1.50 bits per heavy atom. The minimum atomic E-state index is -0.862. The monoisotopic (exact) mass is 248 g/mol. The van der Waals surface area contributed by atoms with Crippen molar-refractivity contribution in [2.45, 2.75) is 19.9 Å². The molecular weight excluding hydrogens is 232 g/mol. The van der Waals surface area contributed by atoms with E-state index < -0.39 is 12.0 Å². The number of hydrogen-bond acceptors (Lipinski definition) is 4. The second-order valence-corrected chi connectivity index (χ2v) is 4.57. The number of aliphatic carboxylic acids is 1. The van der Waals surface area contributed by atoms with Gasteiger partial charge in [-0.2, -0.15) is 5.10 Å². The average Bonchev–Trinajstić information content (AvgIpc) is 2.68. The quantitative estimate of drug-likeness (QED) is 0.856. The van der Waals surface area contributed by atoms with Crippen LogP contribution in [0, 0.1) is 5.92 Å². The molecule has 0 aromatic carbocycles. The van der Waals surface area contributed by atoms with E-state index in [1.165, 1.54) is 0 Å². The molecule has 6 nitrogen and oxygen atoms in total. The van der Waals surface area contributed by atoms with Crippen LogP contribution in [0.1, 0.15) is 13.8 Å². The van der Waals surface area contributed by atoms with Gasteiger partial charge in [0.05, 0.1) is 11.6 Å². The van der Waals surface area contributed by atoms with Crippen molar-refractivity contribution in [2.75, 3.05) is 5.32 Å². The lowest BCUT2D eigenvalue weighted by Gasteiger charge is -2.19. The molecule has 0 spiro atoms. The molecule has 0 amide bonds. The lowest BCUT2D eigenvalue weighted by molar-refractivity contribution is -0.138. The highest BCUT2D eigenvalue weighted by atomic mass is 16.4. The topological polar surface area (TPSA) is 80.0 Å². The zero-order valence-corrected chi connectivity index (χ0v) is 10.6. The van der Waals surface area contributed by atoms with Gasteiger partial charge in [0.2, 0.25) is 0 Å². The van der Waals surface area contributed by atoms with Gasteiger partial charge in [0, 0.05) is 18.9 Å². The minimum Gasteiger partial charge on any atom is -0.480 e. The van der Waals surface area contributed by atoms with Crippen molar-refractivity contribution in [3.63, 3.8) is 0 Å². The fourth-order valence-electron chi connectivity index (χ4n) is 1.85. The third-order valence-corrected chi connectivity index (χ3v) is 2.88. The number of carboxylic acid groups (broad SMARTS) is 1. The van der Waals surface area contributed by atoms with Gasteiger partial charge in [-0.05, 0) is 12.0 Å². The summed E-state index contributed by atoms with van der Waals surface area (Å²) in [4.78, 5) is 15.4. The third kappa shape index (κ3) is 2.13. The maximum atomic E-state index is 11.2. The number of hydrogen-bond donors (Lipinski definition) is 2. The molecule has 0 fully saturated rings. The van der Waals surface area contributed by atoms with Crippen molar-refractivity contribution in [3.8, 4) is 0 Å². The number of carboxylic acids is 1. The average molecular weight is 248 g/mol. The molecule has 0 aliphatic heterocycles. The maximum Gasteiger partial charge on any atom is 0.326 e. The Hall–Kier alpha value is -2.11. The molecule has 0 aliphatic rings. The minimum absolute atomic E-state index is 0.0117. The Morgan fingerprint density at radius 3 is 2.83 bits per heavy atom. The summed E-state index contributed by atoms with van der Waals surface area (Å²) in [5.41, 5.74) is 1.47. The SMILES string of the molecule is CC(C)[C@H](Nc1ccnc2c1cnn2C)C(=O)O. The summed E-state index contributed by atoms with van der Waals surface area (Å²) in [6, 6.07) is 1.14. The lowest BCUT2D eigenvalue weighted by atomic mass is 10.0. The van der Waals surface area contributed by atoms with Gasteiger partial charge in [0.15, 0.2) is 5.65 Å². The molecule has 0 radical (unpaired) electrons. The van der Waals surface area contributed by atoms with Crippen molar-refractivity contribution in [2.24, 2.45) is 13.0 Å². The maximum absolute atomic E-state index is 11.2. The van der Waals surface area contributed by atoms with E-state index in [0.717, 1.165) is 16.7 Å². The predicted octanol–water partition coefficient (Wildman–Crippen LogP) is 1.49. The first-order valence-corrected chi connectivity index (χ1v) is 5.76. The molecule has 1 atom stereocenters. The van der Waals surface area contributed by atoms with E-state index in [-0.39, 0.29) is 5.92 Å². The molecule has 0 unspecified atom stereocenters. The van der Waals surface area contributed by atoms with Gasteiger partial charge >= 0.3 is 5.97 Å². The van der Waals surface area contributed by atoms with Gasteiger partial charge in [0.25, 0.3) is 0 Å². The van der Waals surface area contributed by atoms with Gasteiger partial charge in [-0.1, -0.05) is 13.8 Å². The highest BCUT2D eigenvalue weighted by Crippen LogP contribution is 2.22. The smallest absolute Gasteiger partial charge is 0.326 e. The van der Waals surface area contributed by atoms with Crippen LogP contribution < -0.4 is 5.32 Å². The fraction of sp³-hybridized carbons (Fsp3) is 0.417. The number of rotatable bonds is 4. The summed E-state index contributed by atoms with van der Waals surface area (Å²) in [5, 5.41) is 17.2. The highest BCUT2D eigenvalue weighted by Gasteiger charge is 2.22. The van der Waals surface area contributed by atoms with E-state index in [4.69, 9.17) is 0 Å². The standard InChI is InChI=1S/C12H16N4O2/c1-7(2)10(12(17)18)15-9-4-5-13-11-8(9)6-14-16(11)3/h4-7,10H,1-3H3,(H,13,15)(H,17,18)/t10-/m0/s1. The van der Waals surface area contributed by atoms with Crippen LogP contribution in [0.3, 0.4) is 0 Å². The molecule has 2 N–H and O–H groups in total. The van der Waals surface area contributed by atoms with E-state index >= 15 is 0 Å². The Balaban J connectivity index is 2.39. The number of aromatic nitrogens is 3. The fourth-order valence-corrected chi connectivity index (χ4v) is 1.85. The lowest BCUT2D eigenvalue weighted by Crippen LogP contribution is -2.34. The molecule has 2 aromatic heterocycles. The van der Waals surface area contributed by atoms with Crippen LogP contribution in [0.5, 0.6) is 0 Å². The first-order valence-electron chi connectivity index (χ1n) is 5.76. The van der Waals surface area contributed by atoms with Crippen LogP contribution in [-0.4, -0.2) is 31.9 Å². The normalized spacial score (nSPS) is 12.9. The molecule has 2 heterocycles. The summed E-state index contributed by atoms with van der Waals surface area (Å²) in [6.07, 6.45) is 3.33. The number of nitrogens with one attached hydrogen (secondary N) is 1. The van der Waals surface area contributed by atoms with Crippen LogP contribution in [0.2, 0.25) is 0 Å². The molecule has 18 heavy (non-hydrogen) atoms. The van der Waals surface area contributed by atoms with Crippen molar-refractivity contribution in [3.05, 3.63) is 18.5 Å². The Kier molecular flexibility index (Phi) is 3.18. The molecule has 96 valence electrons. The molecule has 0 bridgehead atoms. The van der Waals surface area contributed by atoms with Crippen molar-refractivity contribution >= 4 is 22.7 Å². The van der Waals surface area contributed by atoms with Gasteiger partial charge < -0.3 is 10.4 Å².